The number of methoxy groups -OCH3 is 1. The number of nitrogens with one attached hydrogen (secondary N) is 1. The van der Waals surface area contributed by atoms with E-state index < -0.39 is 22.2 Å². The van der Waals surface area contributed by atoms with Crippen LogP contribution in [0.1, 0.15) is 5.56 Å². The summed E-state index contributed by atoms with van der Waals surface area (Å²) in [5.74, 6) is -1.56. The summed E-state index contributed by atoms with van der Waals surface area (Å²) in [6, 6.07) is 6.46. The molecule has 0 radical (unpaired) electrons. The van der Waals surface area contributed by atoms with E-state index in [1.54, 1.807) is 13.0 Å². The molecule has 2 aromatic rings. The van der Waals surface area contributed by atoms with Crippen molar-refractivity contribution in [1.82, 2.24) is 0 Å². The molecule has 0 saturated heterocycles. The third-order valence-electron chi connectivity index (χ3n) is 2.85. The smallest absolute Gasteiger partial charge is 0.328 e. The summed E-state index contributed by atoms with van der Waals surface area (Å²) in [6.07, 6.45) is 0. The minimum Gasteiger partial charge on any atom is -0.497 e. The van der Waals surface area contributed by atoms with Crippen LogP contribution >= 0.6 is 0 Å². The normalized spacial score (nSPS) is 10.3. The number of nitro benzene ring substituents is 1. The van der Waals surface area contributed by atoms with Crippen LogP contribution in [-0.2, 0) is 0 Å². The first kappa shape index (κ1) is 14.7. The zero-order valence-electron chi connectivity index (χ0n) is 11.3. The molecule has 21 heavy (non-hydrogen) atoms. The second-order valence-corrected chi connectivity index (χ2v) is 4.37. The van der Waals surface area contributed by atoms with Crippen molar-refractivity contribution in [3.05, 3.63) is 57.6 Å². The molecule has 2 rings (SSSR count). The molecule has 0 spiro atoms. The molecule has 0 aromatic heterocycles. The van der Waals surface area contributed by atoms with Gasteiger partial charge >= 0.3 is 5.69 Å². The monoisotopic (exact) mass is 294 g/mol. The third kappa shape index (κ3) is 3.07. The van der Waals surface area contributed by atoms with Crippen molar-refractivity contribution in [3.8, 4) is 5.75 Å². The third-order valence-corrected chi connectivity index (χ3v) is 2.85. The van der Waals surface area contributed by atoms with Crippen molar-refractivity contribution < 1.29 is 18.4 Å². The number of aryl methyl sites for hydroxylation is 1. The Balaban J connectivity index is 2.51. The summed E-state index contributed by atoms with van der Waals surface area (Å²) in [7, 11) is 1.30. The number of benzene rings is 2. The highest BCUT2D eigenvalue weighted by Gasteiger charge is 2.23. The fourth-order valence-corrected chi connectivity index (χ4v) is 1.84. The van der Waals surface area contributed by atoms with Gasteiger partial charge in [0.25, 0.3) is 0 Å². The highest BCUT2D eigenvalue weighted by molar-refractivity contribution is 5.72. The predicted molar refractivity (Wildman–Crippen MR) is 74.0 cm³/mol. The van der Waals surface area contributed by atoms with E-state index in [0.717, 1.165) is 6.07 Å². The lowest BCUT2D eigenvalue weighted by molar-refractivity contribution is -0.386. The van der Waals surface area contributed by atoms with Crippen molar-refractivity contribution in [1.29, 1.82) is 0 Å². The Bertz CT molecular complexity index is 705. The van der Waals surface area contributed by atoms with Crippen molar-refractivity contribution in [2.45, 2.75) is 6.92 Å². The van der Waals surface area contributed by atoms with Crippen LogP contribution in [0.5, 0.6) is 5.75 Å². The van der Waals surface area contributed by atoms with Crippen molar-refractivity contribution in [2.75, 3.05) is 12.4 Å². The van der Waals surface area contributed by atoms with Gasteiger partial charge in [-0.2, -0.15) is 4.39 Å². The van der Waals surface area contributed by atoms with Crippen molar-refractivity contribution >= 4 is 17.1 Å². The van der Waals surface area contributed by atoms with E-state index in [1.807, 2.05) is 0 Å². The zero-order chi connectivity index (χ0) is 15.6. The summed E-state index contributed by atoms with van der Waals surface area (Å²) in [4.78, 5) is 10.1. The molecular weight excluding hydrogens is 282 g/mol. The highest BCUT2D eigenvalue weighted by Crippen LogP contribution is 2.35. The Kier molecular flexibility index (Phi) is 4.02. The number of nitrogens with zero attached hydrogens (tertiary/aromatic N) is 1. The Morgan fingerprint density at radius 2 is 1.86 bits per heavy atom. The van der Waals surface area contributed by atoms with Crippen LogP contribution in [-0.4, -0.2) is 12.0 Å². The molecule has 0 amide bonds. The zero-order valence-corrected chi connectivity index (χ0v) is 11.3. The van der Waals surface area contributed by atoms with Crippen molar-refractivity contribution in [2.24, 2.45) is 0 Å². The Hall–Kier alpha value is -2.70. The van der Waals surface area contributed by atoms with Gasteiger partial charge in [0.2, 0.25) is 5.82 Å². The largest absolute Gasteiger partial charge is 0.497 e. The standard InChI is InChI=1S/C14H12F2N2O3/c1-8-3-4-12(10(15)5-8)17-13-7-9(21-2)6-11(16)14(13)18(19)20/h3-7,17H,1-2H3. The molecule has 110 valence electrons. The maximum atomic E-state index is 13.8. The first-order chi connectivity index (χ1) is 9.92. The molecule has 5 nitrogen and oxygen atoms in total. The maximum Gasteiger partial charge on any atom is 0.328 e. The lowest BCUT2D eigenvalue weighted by atomic mass is 10.2. The van der Waals surface area contributed by atoms with Crippen LogP contribution in [0.25, 0.3) is 0 Å². The molecule has 1 N–H and O–H groups in total. The van der Waals surface area contributed by atoms with Gasteiger partial charge in [-0.25, -0.2) is 4.39 Å². The molecule has 0 aliphatic heterocycles. The fraction of sp³-hybridized carbons (Fsp3) is 0.143. The van der Waals surface area contributed by atoms with Gasteiger partial charge in [-0.3, -0.25) is 10.1 Å². The molecule has 0 aliphatic rings. The summed E-state index contributed by atoms with van der Waals surface area (Å²) < 4.78 is 32.4. The molecule has 2 aromatic carbocycles. The van der Waals surface area contributed by atoms with Gasteiger partial charge in [-0.15, -0.1) is 0 Å². The number of ether oxygens (including phenoxy) is 1. The Labute approximate surface area is 119 Å². The van der Waals surface area contributed by atoms with Gasteiger partial charge in [0.15, 0.2) is 0 Å². The molecule has 0 fully saturated rings. The summed E-state index contributed by atoms with van der Waals surface area (Å²) >= 11 is 0. The second kappa shape index (κ2) is 5.74. The highest BCUT2D eigenvalue weighted by atomic mass is 19.1. The first-order valence-electron chi connectivity index (χ1n) is 5.97. The number of nitro groups is 1. The number of rotatable bonds is 4. The van der Waals surface area contributed by atoms with E-state index in [9.17, 15) is 18.9 Å². The van der Waals surface area contributed by atoms with Gasteiger partial charge < -0.3 is 10.1 Å². The van der Waals surface area contributed by atoms with E-state index in [0.29, 0.717) is 5.56 Å². The molecule has 7 heteroatoms. The molecule has 0 heterocycles. The fourth-order valence-electron chi connectivity index (χ4n) is 1.84. The average molecular weight is 294 g/mol. The van der Waals surface area contributed by atoms with Gasteiger partial charge in [0.1, 0.15) is 17.3 Å². The lowest BCUT2D eigenvalue weighted by Crippen LogP contribution is -2.02. The first-order valence-corrected chi connectivity index (χ1v) is 5.97. The molecule has 0 saturated carbocycles. The van der Waals surface area contributed by atoms with Gasteiger partial charge in [0.05, 0.1) is 17.7 Å². The number of anilines is 2. The van der Waals surface area contributed by atoms with E-state index in [-0.39, 0.29) is 17.1 Å². The van der Waals surface area contributed by atoms with Crippen LogP contribution in [0.15, 0.2) is 30.3 Å². The minimum atomic E-state index is -1.06. The van der Waals surface area contributed by atoms with E-state index >= 15 is 0 Å². The number of hydrogen-bond acceptors (Lipinski definition) is 4. The summed E-state index contributed by atoms with van der Waals surface area (Å²) in [5, 5.41) is 13.5. The summed E-state index contributed by atoms with van der Waals surface area (Å²) in [5.41, 5.74) is -0.240. The molecule has 0 atom stereocenters. The van der Waals surface area contributed by atoms with Gasteiger partial charge in [-0.1, -0.05) is 6.07 Å². The molecule has 0 unspecified atom stereocenters. The topological polar surface area (TPSA) is 64.4 Å². The number of halogens is 2. The summed E-state index contributed by atoms with van der Waals surface area (Å²) in [6.45, 7) is 1.71. The minimum absolute atomic E-state index is 0.0105. The van der Waals surface area contributed by atoms with Crippen LogP contribution in [0.4, 0.5) is 25.8 Å². The van der Waals surface area contributed by atoms with Gasteiger partial charge in [-0.05, 0) is 24.6 Å². The Morgan fingerprint density at radius 3 is 2.43 bits per heavy atom. The SMILES string of the molecule is COc1cc(F)c([N+](=O)[O-])c(Nc2ccc(C)cc2F)c1. The van der Waals surface area contributed by atoms with E-state index in [4.69, 9.17) is 4.74 Å². The average Bonchev–Trinajstić information content (AvgIpc) is 2.40. The van der Waals surface area contributed by atoms with Crippen LogP contribution in [0.3, 0.4) is 0 Å². The molecular formula is C14H12F2N2O3. The van der Waals surface area contributed by atoms with Crippen LogP contribution in [0.2, 0.25) is 0 Å². The molecule has 0 aliphatic carbocycles. The molecule has 0 bridgehead atoms. The lowest BCUT2D eigenvalue weighted by Gasteiger charge is -2.10. The van der Waals surface area contributed by atoms with Crippen LogP contribution in [0, 0.1) is 28.7 Å². The van der Waals surface area contributed by atoms with Crippen LogP contribution < -0.4 is 10.1 Å². The van der Waals surface area contributed by atoms with E-state index in [1.165, 1.54) is 25.3 Å². The predicted octanol–water partition coefficient (Wildman–Crippen LogP) is 3.93. The van der Waals surface area contributed by atoms with Gasteiger partial charge in [0, 0.05) is 12.1 Å². The van der Waals surface area contributed by atoms with Crippen molar-refractivity contribution in [3.63, 3.8) is 0 Å². The van der Waals surface area contributed by atoms with E-state index in [2.05, 4.69) is 5.32 Å². The maximum absolute atomic E-state index is 13.8. The quantitative estimate of drug-likeness (QED) is 0.685. The number of hydrogen-bond donors (Lipinski definition) is 1. The Morgan fingerprint density at radius 1 is 1.14 bits per heavy atom. The second-order valence-electron chi connectivity index (χ2n) is 4.37.